The van der Waals surface area contributed by atoms with Crippen molar-refractivity contribution in [3.63, 3.8) is 0 Å². The minimum absolute atomic E-state index is 0.0863. The van der Waals surface area contributed by atoms with Crippen molar-refractivity contribution in [2.75, 3.05) is 5.75 Å². The molecule has 3 heteroatoms. The zero-order valence-corrected chi connectivity index (χ0v) is 10.1. The molecule has 0 N–H and O–H groups in total. The van der Waals surface area contributed by atoms with Crippen LogP contribution in [0.5, 0.6) is 0 Å². The number of nitriles is 1. The fraction of sp³-hybridized carbons (Fsp3) is 0.143. The maximum absolute atomic E-state index is 11.4. The fourth-order valence-corrected chi connectivity index (χ4v) is 1.99. The Kier molecular flexibility index (Phi) is 3.46. The van der Waals surface area contributed by atoms with Crippen molar-refractivity contribution in [3.8, 4) is 6.07 Å². The average Bonchev–Trinajstić information content (AvgIpc) is 2.39. The molecule has 0 heterocycles. The Hall–Kier alpha value is -1.79. The summed E-state index contributed by atoms with van der Waals surface area (Å²) in [5.41, 5.74) is 1.60. The first kappa shape index (κ1) is 11.7. The molecule has 0 radical (unpaired) electrons. The average molecular weight is 241 g/mol. The Bertz CT molecular complexity index is 613. The van der Waals surface area contributed by atoms with Crippen molar-refractivity contribution in [2.24, 2.45) is 0 Å². The molecule has 0 unspecified atom stereocenters. The van der Waals surface area contributed by atoms with E-state index >= 15 is 0 Å². The highest BCUT2D eigenvalue weighted by molar-refractivity contribution is 7.81. The SMILES string of the molecule is N#Cc1ccc(CC(=O)CS)c2ccccc12. The highest BCUT2D eigenvalue weighted by atomic mass is 32.1. The first-order valence-electron chi connectivity index (χ1n) is 5.29. The van der Waals surface area contributed by atoms with Gasteiger partial charge in [-0.1, -0.05) is 30.3 Å². The number of benzene rings is 2. The molecule has 0 atom stereocenters. The number of hydrogen-bond donors (Lipinski definition) is 1. The van der Waals surface area contributed by atoms with Gasteiger partial charge in [0.05, 0.1) is 11.6 Å². The van der Waals surface area contributed by atoms with E-state index in [0.29, 0.717) is 12.0 Å². The third-order valence-corrected chi connectivity index (χ3v) is 3.05. The molecule has 0 spiro atoms. The van der Waals surface area contributed by atoms with Crippen LogP contribution in [0.2, 0.25) is 0 Å². The number of fused-ring (bicyclic) bond motifs is 1. The zero-order chi connectivity index (χ0) is 12.3. The van der Waals surface area contributed by atoms with Gasteiger partial charge in [0, 0.05) is 12.2 Å². The van der Waals surface area contributed by atoms with Crippen LogP contribution in [0.4, 0.5) is 0 Å². The van der Waals surface area contributed by atoms with E-state index in [1.165, 1.54) is 0 Å². The van der Waals surface area contributed by atoms with Crippen LogP contribution in [0, 0.1) is 11.3 Å². The van der Waals surface area contributed by atoms with Gasteiger partial charge in [0.2, 0.25) is 0 Å². The van der Waals surface area contributed by atoms with Crippen molar-refractivity contribution in [1.29, 1.82) is 5.26 Å². The number of Topliss-reactive ketones (excluding diaryl/α,β-unsaturated/α-hetero) is 1. The molecule has 0 amide bonds. The summed E-state index contributed by atoms with van der Waals surface area (Å²) in [6, 6.07) is 13.4. The van der Waals surface area contributed by atoms with E-state index in [-0.39, 0.29) is 11.5 Å². The molecule has 84 valence electrons. The second kappa shape index (κ2) is 5.03. The molecule has 0 aromatic heterocycles. The van der Waals surface area contributed by atoms with Gasteiger partial charge in [-0.05, 0) is 22.4 Å². The lowest BCUT2D eigenvalue weighted by molar-refractivity contribution is -0.115. The molecule has 0 saturated carbocycles. The van der Waals surface area contributed by atoms with E-state index in [4.69, 9.17) is 5.26 Å². The summed E-state index contributed by atoms with van der Waals surface area (Å²) >= 11 is 3.98. The highest BCUT2D eigenvalue weighted by Crippen LogP contribution is 2.23. The molecule has 2 aromatic carbocycles. The molecule has 0 saturated heterocycles. The summed E-state index contributed by atoms with van der Waals surface area (Å²) < 4.78 is 0. The van der Waals surface area contributed by atoms with Crippen LogP contribution in [0.25, 0.3) is 10.8 Å². The fourth-order valence-electron chi connectivity index (χ4n) is 1.88. The van der Waals surface area contributed by atoms with Crippen LogP contribution in [0.1, 0.15) is 11.1 Å². The Morgan fingerprint density at radius 3 is 2.53 bits per heavy atom. The number of nitrogens with zero attached hydrogens (tertiary/aromatic N) is 1. The van der Waals surface area contributed by atoms with E-state index in [1.54, 1.807) is 6.07 Å². The van der Waals surface area contributed by atoms with Gasteiger partial charge in [-0.3, -0.25) is 4.79 Å². The maximum Gasteiger partial charge on any atom is 0.146 e. The number of rotatable bonds is 3. The summed E-state index contributed by atoms with van der Waals surface area (Å²) in [5, 5.41) is 10.9. The monoisotopic (exact) mass is 241 g/mol. The molecule has 0 aliphatic carbocycles. The molecule has 0 aliphatic heterocycles. The number of ketones is 1. The first-order chi connectivity index (χ1) is 8.26. The second-order valence-corrected chi connectivity index (χ2v) is 4.12. The maximum atomic E-state index is 11.4. The predicted octanol–water partition coefficient (Wildman–Crippen LogP) is 2.75. The molecule has 2 nitrogen and oxygen atoms in total. The summed E-state index contributed by atoms with van der Waals surface area (Å²) in [6.07, 6.45) is 0.371. The van der Waals surface area contributed by atoms with Crippen LogP contribution in [-0.2, 0) is 11.2 Å². The van der Waals surface area contributed by atoms with Crippen LogP contribution >= 0.6 is 12.6 Å². The van der Waals surface area contributed by atoms with Crippen LogP contribution in [-0.4, -0.2) is 11.5 Å². The van der Waals surface area contributed by atoms with E-state index in [1.807, 2.05) is 30.3 Å². The molecule has 0 aliphatic rings. The number of carbonyl (C=O) groups excluding carboxylic acids is 1. The summed E-state index contributed by atoms with van der Waals surface area (Å²) in [6.45, 7) is 0. The van der Waals surface area contributed by atoms with E-state index in [9.17, 15) is 4.79 Å². The lowest BCUT2D eigenvalue weighted by atomic mass is 9.97. The van der Waals surface area contributed by atoms with Crippen molar-refractivity contribution < 1.29 is 4.79 Å². The van der Waals surface area contributed by atoms with Gasteiger partial charge in [0.15, 0.2) is 0 Å². The van der Waals surface area contributed by atoms with Gasteiger partial charge in [-0.25, -0.2) is 0 Å². The number of thiol groups is 1. The van der Waals surface area contributed by atoms with Crippen molar-refractivity contribution >= 4 is 29.2 Å². The van der Waals surface area contributed by atoms with Crippen LogP contribution in [0.3, 0.4) is 0 Å². The van der Waals surface area contributed by atoms with E-state index < -0.39 is 0 Å². The first-order valence-corrected chi connectivity index (χ1v) is 5.93. The lowest BCUT2D eigenvalue weighted by Crippen LogP contribution is -2.04. The third kappa shape index (κ3) is 2.32. The summed E-state index contributed by atoms with van der Waals surface area (Å²) in [7, 11) is 0. The largest absolute Gasteiger partial charge is 0.298 e. The van der Waals surface area contributed by atoms with Crippen LogP contribution in [0.15, 0.2) is 36.4 Å². The minimum Gasteiger partial charge on any atom is -0.298 e. The van der Waals surface area contributed by atoms with E-state index in [2.05, 4.69) is 18.7 Å². The smallest absolute Gasteiger partial charge is 0.146 e. The Balaban J connectivity index is 2.59. The molecular weight excluding hydrogens is 230 g/mol. The highest BCUT2D eigenvalue weighted by Gasteiger charge is 2.08. The molecule has 0 fully saturated rings. The zero-order valence-electron chi connectivity index (χ0n) is 9.18. The number of carbonyl (C=O) groups is 1. The summed E-state index contributed by atoms with van der Waals surface area (Å²) in [4.78, 5) is 11.4. The van der Waals surface area contributed by atoms with Gasteiger partial charge >= 0.3 is 0 Å². The van der Waals surface area contributed by atoms with Crippen LogP contribution < -0.4 is 0 Å². The van der Waals surface area contributed by atoms with Gasteiger partial charge < -0.3 is 0 Å². The van der Waals surface area contributed by atoms with Gasteiger partial charge in [-0.2, -0.15) is 17.9 Å². The van der Waals surface area contributed by atoms with Crippen molar-refractivity contribution in [2.45, 2.75) is 6.42 Å². The molecule has 2 aromatic rings. The third-order valence-electron chi connectivity index (χ3n) is 2.70. The van der Waals surface area contributed by atoms with Crippen molar-refractivity contribution in [1.82, 2.24) is 0 Å². The lowest BCUT2D eigenvalue weighted by Gasteiger charge is -2.06. The Morgan fingerprint density at radius 2 is 1.88 bits per heavy atom. The molecular formula is C14H11NOS. The van der Waals surface area contributed by atoms with E-state index in [0.717, 1.165) is 16.3 Å². The predicted molar refractivity (Wildman–Crippen MR) is 71.2 cm³/mol. The topological polar surface area (TPSA) is 40.9 Å². The second-order valence-electron chi connectivity index (χ2n) is 3.80. The van der Waals surface area contributed by atoms with Crippen molar-refractivity contribution in [3.05, 3.63) is 47.5 Å². The quantitative estimate of drug-likeness (QED) is 0.839. The minimum atomic E-state index is 0.0863. The molecule has 2 rings (SSSR count). The summed E-state index contributed by atoms with van der Waals surface area (Å²) in [5.74, 6) is 0.331. The normalized spacial score (nSPS) is 10.1. The Morgan fingerprint density at radius 1 is 1.18 bits per heavy atom. The molecule has 17 heavy (non-hydrogen) atoms. The Labute approximate surface area is 105 Å². The van der Waals surface area contributed by atoms with Gasteiger partial charge in [0.25, 0.3) is 0 Å². The van der Waals surface area contributed by atoms with Gasteiger partial charge in [-0.15, -0.1) is 0 Å². The van der Waals surface area contributed by atoms with Gasteiger partial charge in [0.1, 0.15) is 5.78 Å². The number of hydrogen-bond acceptors (Lipinski definition) is 3. The molecule has 0 bridgehead atoms. The standard InChI is InChI=1S/C14H11NOS/c15-8-11-6-5-10(7-12(16)9-17)13-3-1-2-4-14(11)13/h1-6,17H,7,9H2.